The maximum atomic E-state index is 12.8. The Morgan fingerprint density at radius 3 is 2.60 bits per heavy atom. The van der Waals surface area contributed by atoms with E-state index in [9.17, 15) is 12.8 Å². The number of nitrogens with two attached hydrogens (primary N) is 1. The quantitative estimate of drug-likeness (QED) is 0.767. The molecule has 1 aromatic heterocycles. The summed E-state index contributed by atoms with van der Waals surface area (Å²) in [7, 11) is -3.72. The van der Waals surface area contributed by atoms with Gasteiger partial charge in [0.2, 0.25) is 10.0 Å². The average molecular weight is 298 g/mol. The Morgan fingerprint density at radius 2 is 2.05 bits per heavy atom. The van der Waals surface area contributed by atoms with E-state index in [2.05, 4.69) is 14.9 Å². The molecule has 0 aliphatic carbocycles. The van der Waals surface area contributed by atoms with Crippen LogP contribution in [0, 0.1) is 5.82 Å². The number of aromatic amines is 1. The number of nitrogens with zero attached hydrogens (tertiary/aromatic N) is 1. The molecule has 20 heavy (non-hydrogen) atoms. The molecule has 6 nitrogen and oxygen atoms in total. The minimum Gasteiger partial charge on any atom is -0.383 e. The number of nitrogens with one attached hydrogen (secondary N) is 2. The molecular formula is C12H15FN4O2S. The van der Waals surface area contributed by atoms with Gasteiger partial charge in [0, 0.05) is 6.04 Å². The normalized spacial score (nSPS) is 13.3. The van der Waals surface area contributed by atoms with Crippen molar-refractivity contribution in [3.63, 3.8) is 0 Å². The summed E-state index contributed by atoms with van der Waals surface area (Å²) in [5.74, 6) is -0.334. The number of hydrogen-bond donors (Lipinski definition) is 3. The van der Waals surface area contributed by atoms with Crippen LogP contribution in [0.15, 0.2) is 35.4 Å². The van der Waals surface area contributed by atoms with Crippen LogP contribution in [0.2, 0.25) is 0 Å². The molecule has 0 radical (unpaired) electrons. The smallest absolute Gasteiger partial charge is 0.246 e. The van der Waals surface area contributed by atoms with E-state index in [0.29, 0.717) is 6.42 Å². The van der Waals surface area contributed by atoms with E-state index in [1.807, 2.05) is 0 Å². The van der Waals surface area contributed by atoms with Crippen LogP contribution in [-0.4, -0.2) is 24.7 Å². The molecule has 2 aromatic rings. The largest absolute Gasteiger partial charge is 0.383 e. The zero-order valence-corrected chi connectivity index (χ0v) is 11.6. The molecule has 1 aromatic carbocycles. The summed E-state index contributed by atoms with van der Waals surface area (Å²) < 4.78 is 39.4. The van der Waals surface area contributed by atoms with Crippen molar-refractivity contribution >= 4 is 15.8 Å². The summed E-state index contributed by atoms with van der Waals surface area (Å²) in [5.41, 5.74) is 6.33. The summed E-state index contributed by atoms with van der Waals surface area (Å²) in [5, 5.41) is 5.95. The standard InChI is InChI=1S/C12H15FN4O2S/c1-8(6-9-2-4-10(13)5-3-9)17-20(18,19)11-7-15-16-12(11)14/h2-5,7-8,17H,6H2,1H3,(H3,14,15,16). The van der Waals surface area contributed by atoms with Gasteiger partial charge in [-0.3, -0.25) is 5.10 Å². The zero-order valence-electron chi connectivity index (χ0n) is 10.8. The summed E-state index contributed by atoms with van der Waals surface area (Å²) in [4.78, 5) is -0.0801. The monoisotopic (exact) mass is 298 g/mol. The van der Waals surface area contributed by atoms with E-state index in [0.717, 1.165) is 11.8 Å². The molecule has 0 aliphatic rings. The molecule has 4 N–H and O–H groups in total. The third kappa shape index (κ3) is 3.34. The average Bonchev–Trinajstić information content (AvgIpc) is 2.78. The zero-order chi connectivity index (χ0) is 14.8. The number of hydrogen-bond acceptors (Lipinski definition) is 4. The van der Waals surface area contributed by atoms with Crippen molar-refractivity contribution in [1.82, 2.24) is 14.9 Å². The number of nitrogen functional groups attached to an aromatic ring is 1. The lowest BCUT2D eigenvalue weighted by Gasteiger charge is -2.13. The Kier molecular flexibility index (Phi) is 4.05. The second-order valence-electron chi connectivity index (χ2n) is 4.50. The van der Waals surface area contributed by atoms with E-state index in [1.165, 1.54) is 12.1 Å². The van der Waals surface area contributed by atoms with Gasteiger partial charge in [-0.05, 0) is 31.0 Å². The van der Waals surface area contributed by atoms with E-state index in [-0.39, 0.29) is 22.6 Å². The first-order chi connectivity index (χ1) is 9.38. The van der Waals surface area contributed by atoms with Crippen molar-refractivity contribution in [1.29, 1.82) is 0 Å². The van der Waals surface area contributed by atoms with Crippen LogP contribution in [0.1, 0.15) is 12.5 Å². The summed E-state index contributed by atoms with van der Waals surface area (Å²) in [6.45, 7) is 1.72. The van der Waals surface area contributed by atoms with E-state index >= 15 is 0 Å². The molecule has 1 atom stereocenters. The van der Waals surface area contributed by atoms with Gasteiger partial charge in [-0.25, -0.2) is 17.5 Å². The molecule has 8 heteroatoms. The lowest BCUT2D eigenvalue weighted by atomic mass is 10.1. The molecule has 108 valence electrons. The van der Waals surface area contributed by atoms with Gasteiger partial charge >= 0.3 is 0 Å². The number of halogens is 1. The molecule has 1 unspecified atom stereocenters. The molecule has 0 spiro atoms. The highest BCUT2D eigenvalue weighted by molar-refractivity contribution is 7.89. The Labute approximate surface area is 116 Å². The lowest BCUT2D eigenvalue weighted by molar-refractivity contribution is 0.559. The highest BCUT2D eigenvalue weighted by Gasteiger charge is 2.21. The van der Waals surface area contributed by atoms with Gasteiger partial charge < -0.3 is 5.73 Å². The van der Waals surface area contributed by atoms with Gasteiger partial charge in [-0.1, -0.05) is 12.1 Å². The minimum absolute atomic E-state index is 0.00789. The van der Waals surface area contributed by atoms with Crippen LogP contribution in [0.3, 0.4) is 0 Å². The van der Waals surface area contributed by atoms with Crippen LogP contribution in [-0.2, 0) is 16.4 Å². The van der Waals surface area contributed by atoms with Gasteiger partial charge in [0.05, 0.1) is 6.20 Å². The molecule has 0 bridgehead atoms. The molecule has 1 heterocycles. The van der Waals surface area contributed by atoms with Crippen LogP contribution in [0.4, 0.5) is 10.2 Å². The van der Waals surface area contributed by atoms with Gasteiger partial charge in [0.15, 0.2) is 0 Å². The molecule has 2 rings (SSSR count). The predicted octanol–water partition coefficient (Wildman–Crippen LogP) is 1.04. The van der Waals surface area contributed by atoms with Crippen molar-refractivity contribution in [2.45, 2.75) is 24.3 Å². The third-order valence-corrected chi connectivity index (χ3v) is 4.35. The number of anilines is 1. The number of H-pyrrole nitrogens is 1. The maximum Gasteiger partial charge on any atom is 0.246 e. The minimum atomic E-state index is -3.72. The van der Waals surface area contributed by atoms with Gasteiger partial charge in [-0.2, -0.15) is 5.10 Å². The predicted molar refractivity (Wildman–Crippen MR) is 72.9 cm³/mol. The third-order valence-electron chi connectivity index (χ3n) is 2.73. The number of rotatable bonds is 5. The van der Waals surface area contributed by atoms with Crippen LogP contribution in [0.5, 0.6) is 0 Å². The Morgan fingerprint density at radius 1 is 1.40 bits per heavy atom. The van der Waals surface area contributed by atoms with Crippen molar-refractivity contribution in [2.75, 3.05) is 5.73 Å². The fourth-order valence-corrected chi connectivity index (χ4v) is 3.11. The van der Waals surface area contributed by atoms with Crippen LogP contribution >= 0.6 is 0 Å². The highest BCUT2D eigenvalue weighted by atomic mass is 32.2. The Hall–Kier alpha value is -1.93. The van der Waals surface area contributed by atoms with Gasteiger partial charge in [-0.15, -0.1) is 0 Å². The Bertz CT molecular complexity index is 682. The fourth-order valence-electron chi connectivity index (χ4n) is 1.84. The number of benzene rings is 1. The van der Waals surface area contributed by atoms with Crippen LogP contribution < -0.4 is 10.5 Å². The van der Waals surface area contributed by atoms with E-state index in [4.69, 9.17) is 5.73 Å². The van der Waals surface area contributed by atoms with Gasteiger partial charge in [0.1, 0.15) is 16.5 Å². The Balaban J connectivity index is 2.06. The van der Waals surface area contributed by atoms with Gasteiger partial charge in [0.25, 0.3) is 0 Å². The van der Waals surface area contributed by atoms with E-state index < -0.39 is 10.0 Å². The first kappa shape index (κ1) is 14.5. The van der Waals surface area contributed by atoms with Crippen LogP contribution in [0.25, 0.3) is 0 Å². The molecule has 0 saturated heterocycles. The lowest BCUT2D eigenvalue weighted by Crippen LogP contribution is -2.34. The molecule has 0 amide bonds. The molecule has 0 fully saturated rings. The van der Waals surface area contributed by atoms with Crippen molar-refractivity contribution in [3.8, 4) is 0 Å². The SMILES string of the molecule is CC(Cc1ccc(F)cc1)NS(=O)(=O)c1cn[nH]c1N. The summed E-state index contributed by atoms with van der Waals surface area (Å²) >= 11 is 0. The molecule has 0 aliphatic heterocycles. The first-order valence-corrected chi connectivity index (χ1v) is 7.42. The topological polar surface area (TPSA) is 101 Å². The summed E-state index contributed by atoms with van der Waals surface area (Å²) in [6, 6.07) is 5.55. The molecule has 0 saturated carbocycles. The molecular weight excluding hydrogens is 283 g/mol. The second-order valence-corrected chi connectivity index (χ2v) is 6.18. The highest BCUT2D eigenvalue weighted by Crippen LogP contribution is 2.15. The first-order valence-electron chi connectivity index (χ1n) is 5.94. The van der Waals surface area contributed by atoms with Crippen molar-refractivity contribution in [2.24, 2.45) is 0 Å². The van der Waals surface area contributed by atoms with E-state index in [1.54, 1.807) is 19.1 Å². The summed E-state index contributed by atoms with van der Waals surface area (Å²) in [6.07, 6.45) is 1.60. The van der Waals surface area contributed by atoms with Crippen molar-refractivity contribution in [3.05, 3.63) is 41.8 Å². The number of sulfonamides is 1. The fraction of sp³-hybridized carbons (Fsp3) is 0.250. The maximum absolute atomic E-state index is 12.8. The van der Waals surface area contributed by atoms with Crippen molar-refractivity contribution < 1.29 is 12.8 Å². The second kappa shape index (κ2) is 5.59. The number of aromatic nitrogens is 2.